The Balaban J connectivity index is 1.58. The maximum atomic E-state index is 2.65. The summed E-state index contributed by atoms with van der Waals surface area (Å²) in [5.74, 6) is 0.836. The van der Waals surface area contributed by atoms with Gasteiger partial charge in [0.25, 0.3) is 0 Å². The van der Waals surface area contributed by atoms with Crippen LogP contribution in [-0.2, 0) is 0 Å². The summed E-state index contributed by atoms with van der Waals surface area (Å²) in [7, 11) is 0. The molecule has 1 aliphatic rings. The molecule has 0 amide bonds. The van der Waals surface area contributed by atoms with Crippen LogP contribution < -0.4 is 0 Å². The molecular weight excluding hydrogens is 304 g/mol. The number of hydrogen-bond acceptors (Lipinski definition) is 2. The minimum Gasteiger partial charge on any atom is -0.301 e. The van der Waals surface area contributed by atoms with E-state index in [2.05, 4.69) is 79.1 Å². The highest BCUT2D eigenvalue weighted by atomic mass is 15.3. The van der Waals surface area contributed by atoms with E-state index in [0.29, 0.717) is 0 Å². The van der Waals surface area contributed by atoms with Gasteiger partial charge in [-0.2, -0.15) is 0 Å². The Morgan fingerprint density at radius 2 is 1.68 bits per heavy atom. The fraction of sp³-hybridized carbons (Fsp3) is 0.565. The van der Waals surface area contributed by atoms with Crippen LogP contribution in [0.25, 0.3) is 6.08 Å². The summed E-state index contributed by atoms with van der Waals surface area (Å²) in [6.45, 7) is 14.0. The van der Waals surface area contributed by atoms with Gasteiger partial charge >= 0.3 is 0 Å². The lowest BCUT2D eigenvalue weighted by molar-refractivity contribution is 0.136. The van der Waals surface area contributed by atoms with Crippen molar-refractivity contribution in [1.82, 2.24) is 9.80 Å². The van der Waals surface area contributed by atoms with Gasteiger partial charge in [0.1, 0.15) is 0 Å². The summed E-state index contributed by atoms with van der Waals surface area (Å²) >= 11 is 0. The monoisotopic (exact) mass is 340 g/mol. The number of rotatable bonds is 9. The third-order valence-corrected chi connectivity index (χ3v) is 5.09. The minimum atomic E-state index is 0.836. The molecule has 138 valence electrons. The summed E-state index contributed by atoms with van der Waals surface area (Å²) in [6.07, 6.45) is 10.8. The van der Waals surface area contributed by atoms with Crippen LogP contribution in [0, 0.1) is 5.92 Å². The molecule has 0 bridgehead atoms. The van der Waals surface area contributed by atoms with Crippen LogP contribution in [0.1, 0.15) is 45.6 Å². The normalized spacial score (nSPS) is 17.7. The van der Waals surface area contributed by atoms with Crippen molar-refractivity contribution in [2.75, 3.05) is 39.3 Å². The van der Waals surface area contributed by atoms with Gasteiger partial charge in [0.2, 0.25) is 0 Å². The standard InChI is InChI=1S/C23H36N2/c1-21(2)9-7-10-22(3)14-16-25-19-17-24(18-20-25)15-8-13-23-11-5-4-6-12-23/h4-6,8-9,11-13,22H,7,10,14-20H2,1-3H3/b13-8+/t22-/m0/s1. The van der Waals surface area contributed by atoms with E-state index < -0.39 is 0 Å². The first-order valence-corrected chi connectivity index (χ1v) is 9.93. The van der Waals surface area contributed by atoms with Crippen LogP contribution >= 0.6 is 0 Å². The maximum Gasteiger partial charge on any atom is 0.0167 e. The third-order valence-electron chi connectivity index (χ3n) is 5.09. The number of allylic oxidation sites excluding steroid dienone is 2. The van der Waals surface area contributed by atoms with Crippen LogP contribution in [0.3, 0.4) is 0 Å². The van der Waals surface area contributed by atoms with E-state index in [-0.39, 0.29) is 0 Å². The van der Waals surface area contributed by atoms with Crippen LogP contribution in [0.15, 0.2) is 48.1 Å². The summed E-state index contributed by atoms with van der Waals surface area (Å²) in [5.41, 5.74) is 2.74. The van der Waals surface area contributed by atoms with Crippen molar-refractivity contribution in [3.05, 3.63) is 53.6 Å². The molecule has 2 nitrogen and oxygen atoms in total. The molecular formula is C23H36N2. The van der Waals surface area contributed by atoms with Crippen LogP contribution in [0.2, 0.25) is 0 Å². The van der Waals surface area contributed by atoms with Gasteiger partial charge < -0.3 is 4.90 Å². The maximum absolute atomic E-state index is 2.65. The van der Waals surface area contributed by atoms with Crippen molar-refractivity contribution in [2.45, 2.75) is 40.0 Å². The van der Waals surface area contributed by atoms with E-state index in [1.165, 1.54) is 63.1 Å². The smallest absolute Gasteiger partial charge is 0.0167 e. The summed E-state index contributed by atoms with van der Waals surface area (Å²) in [6, 6.07) is 10.6. The lowest BCUT2D eigenvalue weighted by atomic mass is 10.0. The highest BCUT2D eigenvalue weighted by Crippen LogP contribution is 2.13. The van der Waals surface area contributed by atoms with Crippen molar-refractivity contribution < 1.29 is 0 Å². The van der Waals surface area contributed by atoms with Gasteiger partial charge in [-0.15, -0.1) is 0 Å². The highest BCUT2D eigenvalue weighted by molar-refractivity contribution is 5.48. The van der Waals surface area contributed by atoms with Crippen molar-refractivity contribution in [3.63, 3.8) is 0 Å². The van der Waals surface area contributed by atoms with Crippen molar-refractivity contribution in [1.29, 1.82) is 0 Å². The minimum absolute atomic E-state index is 0.836. The molecule has 1 aromatic carbocycles. The molecule has 0 spiro atoms. The van der Waals surface area contributed by atoms with E-state index in [0.717, 1.165) is 12.5 Å². The van der Waals surface area contributed by atoms with E-state index in [4.69, 9.17) is 0 Å². The number of hydrogen-bond donors (Lipinski definition) is 0. The second kappa shape index (κ2) is 11.3. The molecule has 0 radical (unpaired) electrons. The van der Waals surface area contributed by atoms with Crippen molar-refractivity contribution in [3.8, 4) is 0 Å². The second-order valence-corrected chi connectivity index (χ2v) is 7.71. The first-order valence-electron chi connectivity index (χ1n) is 9.93. The largest absolute Gasteiger partial charge is 0.301 e. The molecule has 0 N–H and O–H groups in total. The van der Waals surface area contributed by atoms with Crippen LogP contribution in [-0.4, -0.2) is 49.1 Å². The summed E-state index contributed by atoms with van der Waals surface area (Å²) < 4.78 is 0. The van der Waals surface area contributed by atoms with E-state index >= 15 is 0 Å². The summed E-state index contributed by atoms with van der Waals surface area (Å²) in [4.78, 5) is 5.21. The average molecular weight is 341 g/mol. The molecule has 0 aromatic heterocycles. The number of nitrogens with zero attached hydrogens (tertiary/aromatic N) is 2. The molecule has 0 unspecified atom stereocenters. The Kier molecular flexibility index (Phi) is 8.99. The molecule has 1 aliphatic heterocycles. The predicted molar refractivity (Wildman–Crippen MR) is 111 cm³/mol. The SMILES string of the molecule is CC(C)=CCC[C@H](C)CCN1CCN(C/C=C/c2ccccc2)CC1. The Morgan fingerprint density at radius 1 is 1.00 bits per heavy atom. The van der Waals surface area contributed by atoms with Gasteiger partial charge in [-0.3, -0.25) is 4.90 Å². The van der Waals surface area contributed by atoms with Gasteiger partial charge in [-0.05, 0) is 51.1 Å². The summed E-state index contributed by atoms with van der Waals surface area (Å²) in [5, 5.41) is 0. The third kappa shape index (κ3) is 8.51. The Morgan fingerprint density at radius 3 is 2.36 bits per heavy atom. The van der Waals surface area contributed by atoms with E-state index in [1.807, 2.05) is 0 Å². The van der Waals surface area contributed by atoms with E-state index in [1.54, 1.807) is 0 Å². The van der Waals surface area contributed by atoms with Gasteiger partial charge in [-0.25, -0.2) is 0 Å². The topological polar surface area (TPSA) is 6.48 Å². The van der Waals surface area contributed by atoms with Gasteiger partial charge in [0.15, 0.2) is 0 Å². The fourth-order valence-corrected chi connectivity index (χ4v) is 3.30. The number of benzene rings is 1. The Labute approximate surface area is 155 Å². The van der Waals surface area contributed by atoms with Crippen LogP contribution in [0.4, 0.5) is 0 Å². The van der Waals surface area contributed by atoms with Crippen LogP contribution in [0.5, 0.6) is 0 Å². The number of piperazine rings is 1. The molecule has 1 saturated heterocycles. The van der Waals surface area contributed by atoms with E-state index in [9.17, 15) is 0 Å². The molecule has 1 aromatic rings. The predicted octanol–water partition coefficient (Wildman–Crippen LogP) is 5.09. The molecule has 2 heteroatoms. The average Bonchev–Trinajstić information content (AvgIpc) is 2.62. The highest BCUT2D eigenvalue weighted by Gasteiger charge is 2.16. The zero-order valence-corrected chi connectivity index (χ0v) is 16.5. The molecule has 2 rings (SSSR count). The van der Waals surface area contributed by atoms with Crippen molar-refractivity contribution >= 4 is 6.08 Å². The molecule has 0 aliphatic carbocycles. The fourth-order valence-electron chi connectivity index (χ4n) is 3.30. The Bertz CT molecular complexity index is 520. The molecule has 0 saturated carbocycles. The molecule has 1 fully saturated rings. The Hall–Kier alpha value is -1.38. The first kappa shape index (κ1) is 19.9. The molecule has 1 atom stereocenters. The first-order chi connectivity index (χ1) is 12.1. The van der Waals surface area contributed by atoms with Crippen molar-refractivity contribution in [2.24, 2.45) is 5.92 Å². The molecule has 25 heavy (non-hydrogen) atoms. The lowest BCUT2D eigenvalue weighted by Gasteiger charge is -2.34. The van der Waals surface area contributed by atoms with Gasteiger partial charge in [0.05, 0.1) is 0 Å². The zero-order chi connectivity index (χ0) is 17.9. The second-order valence-electron chi connectivity index (χ2n) is 7.71. The zero-order valence-electron chi connectivity index (χ0n) is 16.5. The molecule has 1 heterocycles. The quantitative estimate of drug-likeness (QED) is 0.578. The van der Waals surface area contributed by atoms with Gasteiger partial charge in [-0.1, -0.05) is 61.1 Å². The van der Waals surface area contributed by atoms with Gasteiger partial charge in [0, 0.05) is 32.7 Å². The lowest BCUT2D eigenvalue weighted by Crippen LogP contribution is -2.46.